The van der Waals surface area contributed by atoms with Gasteiger partial charge in [-0.05, 0) is 41.9 Å². The van der Waals surface area contributed by atoms with Crippen molar-refractivity contribution in [2.24, 2.45) is 0 Å². The summed E-state index contributed by atoms with van der Waals surface area (Å²) >= 11 is 16.2. The molecule has 0 fully saturated rings. The highest BCUT2D eigenvalue weighted by molar-refractivity contribution is 9.11. The summed E-state index contributed by atoms with van der Waals surface area (Å²) in [4.78, 5) is 26.9. The number of hydrogen-bond acceptors (Lipinski definition) is 6. The van der Waals surface area contributed by atoms with Crippen LogP contribution in [0.25, 0.3) is 56.9 Å². The monoisotopic (exact) mass is 888 g/mol. The molecule has 0 unspecified atom stereocenters. The Balaban J connectivity index is 0.000000151. The van der Waals surface area contributed by atoms with Gasteiger partial charge in [0.1, 0.15) is 0 Å². The first-order valence-electron chi connectivity index (χ1n) is 16.0. The predicted octanol–water partition coefficient (Wildman–Crippen LogP) is 12.7. The molecule has 0 bridgehead atoms. The van der Waals surface area contributed by atoms with Crippen LogP contribution in [0.4, 0.5) is 0 Å². The summed E-state index contributed by atoms with van der Waals surface area (Å²) in [6.45, 7) is 0. The summed E-state index contributed by atoms with van der Waals surface area (Å²) < 4.78 is 3.20. The minimum atomic E-state index is 0.202. The van der Waals surface area contributed by atoms with Gasteiger partial charge in [0.25, 0.3) is 0 Å². The van der Waals surface area contributed by atoms with E-state index in [0.717, 1.165) is 41.2 Å². The third-order valence-corrected chi connectivity index (χ3v) is 8.89. The van der Waals surface area contributed by atoms with E-state index in [2.05, 4.69) is 67.7 Å². The minimum absolute atomic E-state index is 0.202. The third kappa shape index (κ3) is 10.6. The number of benzene rings is 6. The van der Waals surface area contributed by atoms with Crippen molar-refractivity contribution >= 4 is 59.4 Å². The molecule has 0 amide bonds. The van der Waals surface area contributed by atoms with Gasteiger partial charge >= 0.3 is 0 Å². The fourth-order valence-electron chi connectivity index (χ4n) is 4.81. The molecule has 6 nitrogen and oxygen atoms in total. The Morgan fingerprint density at radius 1 is 0.288 bits per heavy atom. The number of rotatable bonds is 5. The Kier molecular flexibility index (Phi) is 13.1. The van der Waals surface area contributed by atoms with Gasteiger partial charge in [-0.1, -0.05) is 187 Å². The van der Waals surface area contributed by atoms with Crippen molar-refractivity contribution in [3.8, 4) is 56.9 Å². The Morgan fingerprint density at radius 3 is 0.865 bits per heavy atom. The van der Waals surface area contributed by atoms with Crippen LogP contribution in [-0.2, 0) is 0 Å². The molecule has 2 heterocycles. The number of nitrogens with zero attached hydrogens (tertiary/aromatic N) is 6. The van der Waals surface area contributed by atoms with Crippen molar-refractivity contribution in [3.05, 3.63) is 189 Å². The lowest BCUT2D eigenvalue weighted by atomic mass is 10.1. The highest BCUT2D eigenvalue weighted by Gasteiger charge is 2.12. The van der Waals surface area contributed by atoms with E-state index in [9.17, 15) is 0 Å². The maximum atomic E-state index is 5.99. The van der Waals surface area contributed by atoms with E-state index in [1.807, 2.05) is 170 Å². The molecule has 52 heavy (non-hydrogen) atoms. The molecule has 10 heteroatoms. The molecule has 0 atom stereocenters. The van der Waals surface area contributed by atoms with Crippen molar-refractivity contribution in [1.82, 2.24) is 29.9 Å². The van der Waals surface area contributed by atoms with Crippen LogP contribution < -0.4 is 0 Å². The number of aromatic nitrogens is 6. The van der Waals surface area contributed by atoms with Gasteiger partial charge in [0, 0.05) is 41.2 Å². The summed E-state index contributed by atoms with van der Waals surface area (Å²) in [5.41, 5.74) is 4.73. The van der Waals surface area contributed by atoms with Gasteiger partial charge < -0.3 is 0 Å². The molecule has 2 aromatic heterocycles. The molecular formula is C42H28Br3ClN6. The second kappa shape index (κ2) is 18.5. The van der Waals surface area contributed by atoms with Gasteiger partial charge in [-0.25, -0.2) is 19.9 Å². The standard InChI is InChI=1S/C21H14BrN3.C15H10ClN3.C6H4Br2/c22-18-13-7-12-17(14-18)21-24-19(15-8-3-1-4-9-15)23-20(25-21)16-10-5-2-6-11-16;16-15-18-13(11-7-3-1-4-8-11)17-14(19-15)12-9-5-2-6-10-12;7-5-2-1-3-6(8)4-5/h1-14H;1-10H;1-4H. The van der Waals surface area contributed by atoms with E-state index >= 15 is 0 Å². The molecule has 254 valence electrons. The molecule has 0 aliphatic carbocycles. The second-order valence-corrected chi connectivity index (χ2v) is 14.1. The maximum absolute atomic E-state index is 5.99. The van der Waals surface area contributed by atoms with E-state index in [1.165, 1.54) is 0 Å². The van der Waals surface area contributed by atoms with E-state index in [1.54, 1.807) is 0 Å². The lowest BCUT2D eigenvalue weighted by molar-refractivity contribution is 1.07. The predicted molar refractivity (Wildman–Crippen MR) is 221 cm³/mol. The maximum Gasteiger partial charge on any atom is 0.226 e. The Labute approximate surface area is 332 Å². The van der Waals surface area contributed by atoms with Crippen LogP contribution in [0.2, 0.25) is 5.28 Å². The largest absolute Gasteiger partial charge is 0.226 e. The van der Waals surface area contributed by atoms with Crippen molar-refractivity contribution in [3.63, 3.8) is 0 Å². The first-order chi connectivity index (χ1) is 25.4. The summed E-state index contributed by atoms with van der Waals surface area (Å²) in [7, 11) is 0. The molecule has 0 aliphatic rings. The van der Waals surface area contributed by atoms with Gasteiger partial charge in [0.05, 0.1) is 0 Å². The van der Waals surface area contributed by atoms with Crippen LogP contribution in [0.1, 0.15) is 0 Å². The van der Waals surface area contributed by atoms with Gasteiger partial charge in [0.15, 0.2) is 29.1 Å². The summed E-state index contributed by atoms with van der Waals surface area (Å²) in [6.07, 6.45) is 0. The zero-order valence-corrected chi connectivity index (χ0v) is 32.9. The zero-order valence-electron chi connectivity index (χ0n) is 27.4. The molecule has 8 rings (SSSR count). The van der Waals surface area contributed by atoms with Gasteiger partial charge in [0.2, 0.25) is 5.28 Å². The van der Waals surface area contributed by atoms with E-state index in [4.69, 9.17) is 21.6 Å². The molecule has 8 aromatic rings. The summed E-state index contributed by atoms with van der Waals surface area (Å²) in [5.74, 6) is 3.17. The van der Waals surface area contributed by atoms with Gasteiger partial charge in [-0.3, -0.25) is 0 Å². The molecule has 0 N–H and O–H groups in total. The first-order valence-corrected chi connectivity index (χ1v) is 18.7. The molecule has 0 radical (unpaired) electrons. The van der Waals surface area contributed by atoms with Gasteiger partial charge in [-0.15, -0.1) is 0 Å². The number of hydrogen-bond donors (Lipinski definition) is 0. The molecule has 0 spiro atoms. The second-order valence-electron chi connectivity index (χ2n) is 11.0. The molecule has 0 saturated carbocycles. The fraction of sp³-hybridized carbons (Fsp3) is 0. The average Bonchev–Trinajstić information content (AvgIpc) is 3.19. The van der Waals surface area contributed by atoms with E-state index in [-0.39, 0.29) is 5.28 Å². The van der Waals surface area contributed by atoms with Crippen molar-refractivity contribution in [1.29, 1.82) is 0 Å². The lowest BCUT2D eigenvalue weighted by Crippen LogP contribution is -2.00. The SMILES string of the molecule is Brc1cccc(-c2nc(-c3ccccc3)nc(-c3ccccc3)n2)c1.Brc1cccc(Br)c1.Clc1nc(-c2ccccc2)nc(-c2ccccc2)n1. The number of halogens is 4. The van der Waals surface area contributed by atoms with Crippen LogP contribution >= 0.6 is 59.4 Å². The van der Waals surface area contributed by atoms with Gasteiger partial charge in [-0.2, -0.15) is 9.97 Å². The Hall–Kier alpha value is -4.93. The highest BCUT2D eigenvalue weighted by Crippen LogP contribution is 2.26. The van der Waals surface area contributed by atoms with E-state index in [0.29, 0.717) is 29.1 Å². The lowest BCUT2D eigenvalue weighted by Gasteiger charge is -2.08. The smallest absolute Gasteiger partial charge is 0.208 e. The topological polar surface area (TPSA) is 77.3 Å². The van der Waals surface area contributed by atoms with Crippen LogP contribution in [0.5, 0.6) is 0 Å². The van der Waals surface area contributed by atoms with Crippen LogP contribution in [0.3, 0.4) is 0 Å². The quantitative estimate of drug-likeness (QED) is 0.171. The third-order valence-electron chi connectivity index (χ3n) is 7.24. The average molecular weight is 892 g/mol. The Bertz CT molecular complexity index is 2220. The fourth-order valence-corrected chi connectivity index (χ4v) is 6.47. The normalized spacial score (nSPS) is 10.3. The van der Waals surface area contributed by atoms with Crippen LogP contribution in [-0.4, -0.2) is 29.9 Å². The summed E-state index contributed by atoms with van der Waals surface area (Å²) in [5, 5.41) is 0.202. The van der Waals surface area contributed by atoms with Crippen LogP contribution in [0, 0.1) is 0 Å². The van der Waals surface area contributed by atoms with Crippen LogP contribution in [0.15, 0.2) is 183 Å². The van der Waals surface area contributed by atoms with Crippen molar-refractivity contribution < 1.29 is 0 Å². The van der Waals surface area contributed by atoms with E-state index < -0.39 is 0 Å². The molecule has 0 aliphatic heterocycles. The first kappa shape index (κ1) is 36.8. The summed E-state index contributed by atoms with van der Waals surface area (Å²) in [6, 6.07) is 55.3. The molecule has 6 aromatic carbocycles. The minimum Gasteiger partial charge on any atom is -0.208 e. The van der Waals surface area contributed by atoms with Crippen molar-refractivity contribution in [2.75, 3.05) is 0 Å². The van der Waals surface area contributed by atoms with Crippen molar-refractivity contribution in [2.45, 2.75) is 0 Å². The zero-order chi connectivity index (χ0) is 36.1. The molecule has 0 saturated heterocycles. The highest BCUT2D eigenvalue weighted by atomic mass is 79.9. The molecular weight excluding hydrogens is 864 g/mol. The Morgan fingerprint density at radius 2 is 0.558 bits per heavy atom.